The fourth-order valence-corrected chi connectivity index (χ4v) is 4.35. The monoisotopic (exact) mass is 255 g/mol. The van der Waals surface area contributed by atoms with E-state index < -0.39 is 0 Å². The molecule has 1 aliphatic heterocycles. The van der Waals surface area contributed by atoms with Gasteiger partial charge in [-0.3, -0.25) is 0 Å². The van der Waals surface area contributed by atoms with Crippen molar-refractivity contribution in [2.24, 2.45) is 0 Å². The first-order chi connectivity index (χ1) is 7.81. The van der Waals surface area contributed by atoms with Gasteiger partial charge in [-0.05, 0) is 42.0 Å². The summed E-state index contributed by atoms with van der Waals surface area (Å²) < 4.78 is 0. The van der Waals surface area contributed by atoms with Crippen LogP contribution in [0.25, 0.3) is 0 Å². The Balaban J connectivity index is 1.86. The summed E-state index contributed by atoms with van der Waals surface area (Å²) in [5.41, 5.74) is 1.52. The van der Waals surface area contributed by atoms with Gasteiger partial charge in [0.2, 0.25) is 0 Å². The molecule has 2 atom stereocenters. The first-order valence-electron chi connectivity index (χ1n) is 6.21. The summed E-state index contributed by atoms with van der Waals surface area (Å²) in [6.45, 7) is 5.66. The summed E-state index contributed by atoms with van der Waals surface area (Å²) in [4.78, 5) is 1.53. The van der Waals surface area contributed by atoms with Crippen LogP contribution in [-0.4, -0.2) is 17.0 Å². The van der Waals surface area contributed by atoms with Crippen LogP contribution in [0.1, 0.15) is 37.1 Å². The number of nitrogens with one attached hydrogen (secondary N) is 1. The normalized spacial score (nSPS) is 25.9. The molecule has 1 aromatic rings. The number of rotatable bonds is 4. The van der Waals surface area contributed by atoms with Gasteiger partial charge in [0.25, 0.3) is 0 Å². The van der Waals surface area contributed by atoms with E-state index in [4.69, 9.17) is 0 Å². The van der Waals surface area contributed by atoms with Crippen LogP contribution in [0, 0.1) is 0 Å². The fraction of sp³-hybridized carbons (Fsp3) is 0.692. The zero-order valence-corrected chi connectivity index (χ0v) is 11.8. The van der Waals surface area contributed by atoms with Crippen LogP contribution in [0.3, 0.4) is 0 Å². The predicted octanol–water partition coefficient (Wildman–Crippen LogP) is 3.68. The molecule has 0 amide bonds. The molecule has 2 rings (SSSR count). The zero-order valence-electron chi connectivity index (χ0n) is 10.2. The number of aryl methyl sites for hydroxylation is 1. The molecule has 1 aromatic heterocycles. The van der Waals surface area contributed by atoms with Crippen molar-refractivity contribution in [1.29, 1.82) is 0 Å². The second kappa shape index (κ2) is 6.08. The average molecular weight is 255 g/mol. The third kappa shape index (κ3) is 3.02. The van der Waals surface area contributed by atoms with Gasteiger partial charge in [-0.15, -0.1) is 11.3 Å². The SMILES string of the molecule is CCc1ccsc1CNC1CCCSC1C. The maximum absolute atomic E-state index is 3.74. The van der Waals surface area contributed by atoms with E-state index in [1.807, 2.05) is 11.3 Å². The Morgan fingerprint density at radius 3 is 3.12 bits per heavy atom. The molecule has 90 valence electrons. The third-order valence-electron chi connectivity index (χ3n) is 3.35. The maximum atomic E-state index is 3.74. The molecule has 1 saturated heterocycles. The van der Waals surface area contributed by atoms with Crippen LogP contribution in [0.5, 0.6) is 0 Å². The van der Waals surface area contributed by atoms with E-state index in [-0.39, 0.29) is 0 Å². The summed E-state index contributed by atoms with van der Waals surface area (Å²) >= 11 is 4.01. The summed E-state index contributed by atoms with van der Waals surface area (Å²) in [6, 6.07) is 2.98. The van der Waals surface area contributed by atoms with Crippen molar-refractivity contribution in [2.45, 2.75) is 50.9 Å². The highest BCUT2D eigenvalue weighted by Gasteiger charge is 2.21. The number of hydrogen-bond donors (Lipinski definition) is 1. The van der Waals surface area contributed by atoms with Gasteiger partial charge in [-0.1, -0.05) is 13.8 Å². The molecule has 2 unspecified atom stereocenters. The van der Waals surface area contributed by atoms with Crippen molar-refractivity contribution >= 4 is 23.1 Å². The molecule has 1 N–H and O–H groups in total. The number of thioether (sulfide) groups is 1. The second-order valence-electron chi connectivity index (χ2n) is 4.43. The minimum Gasteiger partial charge on any atom is -0.308 e. The molecule has 1 fully saturated rings. The quantitative estimate of drug-likeness (QED) is 0.881. The fourth-order valence-electron chi connectivity index (χ4n) is 2.25. The summed E-state index contributed by atoms with van der Waals surface area (Å²) in [5, 5.41) is 6.73. The van der Waals surface area contributed by atoms with E-state index in [2.05, 4.69) is 42.4 Å². The first kappa shape index (κ1) is 12.5. The molecule has 2 heterocycles. The lowest BCUT2D eigenvalue weighted by atomic mass is 10.1. The van der Waals surface area contributed by atoms with Gasteiger partial charge in [0, 0.05) is 22.7 Å². The van der Waals surface area contributed by atoms with E-state index in [1.165, 1.54) is 29.0 Å². The van der Waals surface area contributed by atoms with E-state index in [1.54, 1.807) is 0 Å². The lowest BCUT2D eigenvalue weighted by molar-refractivity contribution is 0.463. The Bertz CT molecular complexity index is 321. The van der Waals surface area contributed by atoms with Gasteiger partial charge in [-0.2, -0.15) is 11.8 Å². The average Bonchev–Trinajstić information content (AvgIpc) is 2.75. The minimum absolute atomic E-state index is 0.713. The molecule has 3 heteroatoms. The predicted molar refractivity (Wildman–Crippen MR) is 75.5 cm³/mol. The first-order valence-corrected chi connectivity index (χ1v) is 8.14. The van der Waals surface area contributed by atoms with Gasteiger partial charge in [-0.25, -0.2) is 0 Å². The van der Waals surface area contributed by atoms with Gasteiger partial charge in [0.15, 0.2) is 0 Å². The molecule has 0 spiro atoms. The minimum atomic E-state index is 0.713. The molecule has 0 aliphatic carbocycles. The van der Waals surface area contributed by atoms with Crippen molar-refractivity contribution in [2.75, 3.05) is 5.75 Å². The second-order valence-corrected chi connectivity index (χ2v) is 6.91. The van der Waals surface area contributed by atoms with E-state index >= 15 is 0 Å². The van der Waals surface area contributed by atoms with Crippen molar-refractivity contribution in [3.05, 3.63) is 21.9 Å². The Morgan fingerprint density at radius 1 is 1.50 bits per heavy atom. The topological polar surface area (TPSA) is 12.0 Å². The molecule has 0 bridgehead atoms. The summed E-state index contributed by atoms with van der Waals surface area (Å²) in [5.74, 6) is 1.35. The maximum Gasteiger partial charge on any atom is 0.0305 e. The zero-order chi connectivity index (χ0) is 11.4. The Hall–Kier alpha value is 0.01000. The van der Waals surface area contributed by atoms with Crippen molar-refractivity contribution < 1.29 is 0 Å². The number of thiophene rings is 1. The standard InChI is InChI=1S/C13H21NS2/c1-3-11-6-8-16-13(11)9-14-12-5-4-7-15-10(12)2/h6,8,10,12,14H,3-5,7,9H2,1-2H3. The third-order valence-corrected chi connectivity index (χ3v) is 5.69. The lowest BCUT2D eigenvalue weighted by Gasteiger charge is -2.29. The van der Waals surface area contributed by atoms with E-state index in [9.17, 15) is 0 Å². The van der Waals surface area contributed by atoms with Crippen LogP contribution >= 0.6 is 23.1 Å². The van der Waals surface area contributed by atoms with Crippen molar-refractivity contribution in [3.8, 4) is 0 Å². The highest BCUT2D eigenvalue weighted by atomic mass is 32.2. The van der Waals surface area contributed by atoms with E-state index in [0.717, 1.165) is 18.2 Å². The molecule has 1 aliphatic rings. The Morgan fingerprint density at radius 2 is 2.38 bits per heavy atom. The highest BCUT2D eigenvalue weighted by Crippen LogP contribution is 2.26. The van der Waals surface area contributed by atoms with Gasteiger partial charge < -0.3 is 5.32 Å². The van der Waals surface area contributed by atoms with Crippen LogP contribution < -0.4 is 5.32 Å². The molecule has 16 heavy (non-hydrogen) atoms. The summed E-state index contributed by atoms with van der Waals surface area (Å²) in [7, 11) is 0. The van der Waals surface area contributed by atoms with Crippen molar-refractivity contribution in [1.82, 2.24) is 5.32 Å². The van der Waals surface area contributed by atoms with Crippen LogP contribution in [0.2, 0.25) is 0 Å². The van der Waals surface area contributed by atoms with Crippen LogP contribution in [-0.2, 0) is 13.0 Å². The molecule has 0 saturated carbocycles. The van der Waals surface area contributed by atoms with Gasteiger partial charge in [0.1, 0.15) is 0 Å². The van der Waals surface area contributed by atoms with Gasteiger partial charge in [0.05, 0.1) is 0 Å². The largest absolute Gasteiger partial charge is 0.308 e. The molecule has 0 radical (unpaired) electrons. The lowest BCUT2D eigenvalue weighted by Crippen LogP contribution is -2.38. The van der Waals surface area contributed by atoms with E-state index in [0.29, 0.717) is 6.04 Å². The smallest absolute Gasteiger partial charge is 0.0305 e. The molecule has 0 aromatic carbocycles. The number of hydrogen-bond acceptors (Lipinski definition) is 3. The molecular formula is C13H21NS2. The van der Waals surface area contributed by atoms with Gasteiger partial charge >= 0.3 is 0 Å². The molecule has 1 nitrogen and oxygen atoms in total. The van der Waals surface area contributed by atoms with Crippen LogP contribution in [0.15, 0.2) is 11.4 Å². The Labute approximate surface area is 107 Å². The summed E-state index contributed by atoms with van der Waals surface area (Å²) in [6.07, 6.45) is 3.88. The highest BCUT2D eigenvalue weighted by molar-refractivity contribution is 7.99. The molecular weight excluding hydrogens is 234 g/mol. The van der Waals surface area contributed by atoms with Crippen LogP contribution in [0.4, 0.5) is 0 Å². The Kier molecular flexibility index (Phi) is 4.74. The van der Waals surface area contributed by atoms with Crippen molar-refractivity contribution in [3.63, 3.8) is 0 Å².